The summed E-state index contributed by atoms with van der Waals surface area (Å²) >= 11 is 6.06. The maximum Gasteiger partial charge on any atom is 0.244 e. The molecule has 9 nitrogen and oxygen atoms in total. The number of pyridine rings is 2. The molecule has 1 aliphatic rings. The monoisotopic (exact) mass is 515 g/mol. The third-order valence-corrected chi connectivity index (χ3v) is 6.70. The minimum atomic E-state index is -0.742. The molecule has 0 bridgehead atoms. The van der Waals surface area contributed by atoms with Gasteiger partial charge in [0.25, 0.3) is 0 Å². The van der Waals surface area contributed by atoms with Crippen LogP contribution >= 0.6 is 11.6 Å². The topological polar surface area (TPSA) is 113 Å². The predicted octanol–water partition coefficient (Wildman–Crippen LogP) is 3.67. The van der Waals surface area contributed by atoms with Crippen molar-refractivity contribution in [2.75, 3.05) is 37.7 Å². The van der Waals surface area contributed by atoms with E-state index < -0.39 is 6.04 Å². The lowest BCUT2D eigenvalue weighted by atomic mass is 10.1. The number of aromatic nitrogens is 3. The van der Waals surface area contributed by atoms with E-state index in [1.807, 2.05) is 31.2 Å². The number of benzene rings is 1. The van der Waals surface area contributed by atoms with Crippen LogP contribution in [0.4, 0.5) is 5.82 Å². The second kappa shape index (κ2) is 10.5. The summed E-state index contributed by atoms with van der Waals surface area (Å²) in [6, 6.07) is 14.4. The van der Waals surface area contributed by atoms with E-state index >= 15 is 0 Å². The van der Waals surface area contributed by atoms with Gasteiger partial charge in [-0.3, -0.25) is 4.79 Å². The van der Waals surface area contributed by atoms with Crippen LogP contribution in [-0.4, -0.2) is 58.2 Å². The van der Waals surface area contributed by atoms with E-state index in [1.165, 1.54) is 0 Å². The van der Waals surface area contributed by atoms with Crippen LogP contribution in [0.25, 0.3) is 16.6 Å². The summed E-state index contributed by atoms with van der Waals surface area (Å²) in [6.45, 7) is 4.83. The number of rotatable bonds is 6. The molecular formula is C27H26ClN7O2. The first kappa shape index (κ1) is 24.6. The van der Waals surface area contributed by atoms with Gasteiger partial charge in [0.1, 0.15) is 23.7 Å². The van der Waals surface area contributed by atoms with Crippen LogP contribution in [0.2, 0.25) is 5.02 Å². The minimum Gasteiger partial charge on any atom is -0.492 e. The summed E-state index contributed by atoms with van der Waals surface area (Å²) < 4.78 is 7.36. The summed E-state index contributed by atoms with van der Waals surface area (Å²) in [7, 11) is 0. The van der Waals surface area contributed by atoms with Gasteiger partial charge in [0, 0.05) is 48.5 Å². The Kier molecular flexibility index (Phi) is 6.95. The highest BCUT2D eigenvalue weighted by Gasteiger charge is 2.27. The Balaban J connectivity index is 1.30. The fraction of sp³-hybridized carbons (Fsp3) is 0.259. The zero-order chi connectivity index (χ0) is 25.9. The number of ether oxygens (including phenoxy) is 1. The number of hydrogen-bond acceptors (Lipinski definition) is 7. The molecule has 4 heterocycles. The van der Waals surface area contributed by atoms with Gasteiger partial charge in [-0.25, -0.2) is 9.50 Å². The van der Waals surface area contributed by atoms with Gasteiger partial charge in [0.05, 0.1) is 30.1 Å². The van der Waals surface area contributed by atoms with Crippen LogP contribution < -0.4 is 15.4 Å². The Hall–Kier alpha value is -4.13. The number of nitrogens with zero attached hydrogens (tertiary/aromatic N) is 6. The van der Waals surface area contributed by atoms with Gasteiger partial charge in [-0.15, -0.1) is 0 Å². The number of hydrogen-bond donors (Lipinski definition) is 1. The van der Waals surface area contributed by atoms with Gasteiger partial charge < -0.3 is 20.3 Å². The molecule has 0 aliphatic carbocycles. The van der Waals surface area contributed by atoms with Crippen LogP contribution in [0, 0.1) is 11.3 Å². The third kappa shape index (κ3) is 4.94. The Morgan fingerprint density at radius 2 is 2.00 bits per heavy atom. The molecule has 10 heteroatoms. The van der Waals surface area contributed by atoms with Crippen molar-refractivity contribution in [2.24, 2.45) is 5.73 Å². The van der Waals surface area contributed by atoms with Crippen LogP contribution in [0.5, 0.6) is 5.75 Å². The Morgan fingerprint density at radius 3 is 2.68 bits per heavy atom. The fourth-order valence-corrected chi connectivity index (χ4v) is 4.77. The average molecular weight is 516 g/mol. The van der Waals surface area contributed by atoms with Crippen LogP contribution in [0.3, 0.4) is 0 Å². The van der Waals surface area contributed by atoms with Gasteiger partial charge in [0.2, 0.25) is 5.91 Å². The lowest BCUT2D eigenvalue weighted by Crippen LogP contribution is -2.51. The second-order valence-corrected chi connectivity index (χ2v) is 9.17. The van der Waals surface area contributed by atoms with E-state index in [-0.39, 0.29) is 5.91 Å². The molecule has 1 aliphatic heterocycles. The lowest BCUT2D eigenvalue weighted by Gasteiger charge is -2.36. The first-order valence-corrected chi connectivity index (χ1v) is 12.4. The van der Waals surface area contributed by atoms with Crippen LogP contribution in [0.15, 0.2) is 61.1 Å². The third-order valence-electron chi connectivity index (χ3n) is 6.47. The van der Waals surface area contributed by atoms with Crippen molar-refractivity contribution < 1.29 is 9.53 Å². The summed E-state index contributed by atoms with van der Waals surface area (Å²) in [5.41, 5.74) is 9.81. The van der Waals surface area contributed by atoms with Crippen molar-refractivity contribution in [1.82, 2.24) is 19.5 Å². The van der Waals surface area contributed by atoms with Gasteiger partial charge in [-0.2, -0.15) is 10.4 Å². The number of halogens is 1. The number of carbonyl (C=O) groups is 1. The first-order valence-electron chi connectivity index (χ1n) is 12.0. The summed E-state index contributed by atoms with van der Waals surface area (Å²) in [6.07, 6.45) is 5.11. The molecule has 2 N–H and O–H groups in total. The second-order valence-electron chi connectivity index (χ2n) is 8.74. The molecule has 1 aromatic carbocycles. The van der Waals surface area contributed by atoms with Gasteiger partial charge in [-0.05, 0) is 42.8 Å². The summed E-state index contributed by atoms with van der Waals surface area (Å²) in [5, 5.41) is 14.4. The SMILES string of the molecule is CCOc1cc(-c2ccc(N3CCN(C(=O)C(N)c4cccc(Cl)c4)CC3)nc2)c2c(C#N)cnn2c1. The van der Waals surface area contributed by atoms with E-state index in [4.69, 9.17) is 27.1 Å². The normalized spacial score (nSPS) is 14.4. The van der Waals surface area contributed by atoms with Gasteiger partial charge in [0.15, 0.2) is 0 Å². The molecule has 1 unspecified atom stereocenters. The molecule has 1 fully saturated rings. The quantitative estimate of drug-likeness (QED) is 0.417. The molecule has 188 valence electrons. The summed E-state index contributed by atoms with van der Waals surface area (Å²) in [5.74, 6) is 1.37. The maximum atomic E-state index is 12.9. The molecule has 1 amide bonds. The standard InChI is InChI=1S/C27H26ClN7O2/c1-2-37-22-13-23(26-20(14-29)16-32-35(26)17-22)19-6-7-24(31-15-19)33-8-10-34(11-9-33)27(36)25(30)18-4-3-5-21(28)12-18/h3-7,12-13,15-17,25H,2,8-11,30H2,1H3. The molecule has 1 saturated heterocycles. The summed E-state index contributed by atoms with van der Waals surface area (Å²) in [4.78, 5) is 21.6. The Labute approximate surface area is 219 Å². The van der Waals surface area contributed by atoms with Crippen LogP contribution in [0.1, 0.15) is 24.1 Å². The molecule has 4 aromatic rings. The largest absolute Gasteiger partial charge is 0.492 e. The highest BCUT2D eigenvalue weighted by Crippen LogP contribution is 2.31. The minimum absolute atomic E-state index is 0.113. The molecule has 3 aromatic heterocycles. The number of nitrogens with two attached hydrogens (primary N) is 1. The number of nitriles is 1. The van der Waals surface area contributed by atoms with Crippen LogP contribution in [-0.2, 0) is 4.79 Å². The van der Waals surface area contributed by atoms with Crippen molar-refractivity contribution in [3.05, 3.63) is 77.2 Å². The highest BCUT2D eigenvalue weighted by molar-refractivity contribution is 6.30. The van der Waals surface area contributed by atoms with Gasteiger partial charge in [-0.1, -0.05) is 23.7 Å². The zero-order valence-electron chi connectivity index (χ0n) is 20.3. The molecule has 0 saturated carbocycles. The zero-order valence-corrected chi connectivity index (χ0v) is 21.1. The number of piperazine rings is 1. The molecule has 1 atom stereocenters. The highest BCUT2D eigenvalue weighted by atomic mass is 35.5. The molecule has 0 spiro atoms. The maximum absolute atomic E-state index is 12.9. The van der Waals surface area contributed by atoms with E-state index in [0.717, 1.165) is 16.9 Å². The fourth-order valence-electron chi connectivity index (χ4n) is 4.57. The number of amides is 1. The smallest absolute Gasteiger partial charge is 0.244 e. The van der Waals surface area contributed by atoms with Crippen molar-refractivity contribution in [3.8, 4) is 22.9 Å². The van der Waals surface area contributed by atoms with Crippen molar-refractivity contribution >= 4 is 28.8 Å². The van der Waals surface area contributed by atoms with E-state index in [0.29, 0.717) is 60.2 Å². The first-order chi connectivity index (χ1) is 18.0. The van der Waals surface area contributed by atoms with E-state index in [1.54, 1.807) is 46.2 Å². The number of anilines is 1. The average Bonchev–Trinajstić information content (AvgIpc) is 3.35. The molecule has 0 radical (unpaired) electrons. The van der Waals surface area contributed by atoms with E-state index in [2.05, 4.69) is 16.1 Å². The van der Waals surface area contributed by atoms with E-state index in [9.17, 15) is 10.1 Å². The lowest BCUT2D eigenvalue weighted by molar-refractivity contribution is -0.133. The van der Waals surface area contributed by atoms with Crippen molar-refractivity contribution in [3.63, 3.8) is 0 Å². The Bertz CT molecular complexity index is 1470. The predicted molar refractivity (Wildman–Crippen MR) is 141 cm³/mol. The number of fused-ring (bicyclic) bond motifs is 1. The molecule has 5 rings (SSSR count). The molecular weight excluding hydrogens is 490 g/mol. The molecule has 37 heavy (non-hydrogen) atoms. The van der Waals surface area contributed by atoms with Crippen molar-refractivity contribution in [2.45, 2.75) is 13.0 Å². The Morgan fingerprint density at radius 1 is 1.19 bits per heavy atom. The number of carbonyl (C=O) groups excluding carboxylic acids is 1. The van der Waals surface area contributed by atoms with Gasteiger partial charge >= 0.3 is 0 Å². The van der Waals surface area contributed by atoms with Crippen molar-refractivity contribution in [1.29, 1.82) is 5.26 Å².